The second-order valence-corrected chi connectivity index (χ2v) is 2.24. The third-order valence-corrected chi connectivity index (χ3v) is 0.524. The molecule has 0 spiro atoms. The molecule has 0 aliphatic heterocycles. The summed E-state index contributed by atoms with van der Waals surface area (Å²) in [7, 11) is -2.62. The Kier molecular flexibility index (Phi) is 8.73. The van der Waals surface area contributed by atoms with Crippen molar-refractivity contribution < 1.29 is 33.8 Å². The van der Waals surface area contributed by atoms with Gasteiger partial charge in [-0.2, -0.15) is 0 Å². The summed E-state index contributed by atoms with van der Waals surface area (Å²) in [5.74, 6) is -2.65. The lowest BCUT2D eigenvalue weighted by Gasteiger charge is -1.91. The van der Waals surface area contributed by atoms with Crippen LogP contribution in [0.25, 0.3) is 0 Å². The topological polar surface area (TPSA) is 121 Å². The molecule has 0 fully saturated rings. The molecule has 0 bridgehead atoms. The van der Waals surface area contributed by atoms with Crippen molar-refractivity contribution in [1.29, 1.82) is 0 Å². The smallest absolute Gasteiger partial charge is 0.381 e. The molecule has 7 nitrogen and oxygen atoms in total. The van der Waals surface area contributed by atoms with E-state index in [9.17, 15) is 14.4 Å². The SMILES string of the molecule is CC(=O)OC(=O)C(C)=O.OP(O)O. The molecule has 0 aliphatic rings. The highest BCUT2D eigenvalue weighted by Crippen LogP contribution is 2.11. The van der Waals surface area contributed by atoms with E-state index in [1.54, 1.807) is 0 Å². The molecule has 0 radical (unpaired) electrons. The Hall–Kier alpha value is -0.880. The van der Waals surface area contributed by atoms with Crippen LogP contribution in [-0.4, -0.2) is 32.4 Å². The zero-order valence-electron chi connectivity index (χ0n) is 6.92. The van der Waals surface area contributed by atoms with Gasteiger partial charge in [-0.1, -0.05) is 0 Å². The zero-order chi connectivity index (χ0) is 11.0. The minimum absolute atomic E-state index is 0.768. The van der Waals surface area contributed by atoms with Gasteiger partial charge in [0, 0.05) is 13.8 Å². The first-order valence-corrected chi connectivity index (χ1v) is 4.07. The fourth-order valence-electron chi connectivity index (χ4n) is 0.202. The normalized spacial score (nSPS) is 8.46. The van der Waals surface area contributed by atoms with Crippen molar-refractivity contribution in [3.8, 4) is 0 Å². The fraction of sp³-hybridized carbons (Fsp3) is 0.400. The summed E-state index contributed by atoms with van der Waals surface area (Å²) in [6.07, 6.45) is 0. The Morgan fingerprint density at radius 2 is 1.38 bits per heavy atom. The number of ketones is 1. The average Bonchev–Trinajstić information content (AvgIpc) is 1.83. The first kappa shape index (κ1) is 14.6. The molecule has 0 aromatic heterocycles. The third kappa shape index (κ3) is 18.2. The average molecular weight is 212 g/mol. The van der Waals surface area contributed by atoms with Crippen LogP contribution in [0.5, 0.6) is 0 Å². The van der Waals surface area contributed by atoms with Gasteiger partial charge in [-0.15, -0.1) is 0 Å². The molecule has 0 amide bonds. The molecular weight excluding hydrogens is 203 g/mol. The van der Waals surface area contributed by atoms with E-state index in [4.69, 9.17) is 14.7 Å². The third-order valence-electron chi connectivity index (χ3n) is 0.524. The Labute approximate surface area is 74.9 Å². The highest BCUT2D eigenvalue weighted by molar-refractivity contribution is 7.38. The maximum absolute atomic E-state index is 10.2. The molecular formula is C5H9O7P. The fourth-order valence-corrected chi connectivity index (χ4v) is 0.202. The van der Waals surface area contributed by atoms with Gasteiger partial charge in [0.15, 0.2) is 0 Å². The Morgan fingerprint density at radius 1 is 1.08 bits per heavy atom. The molecule has 0 rings (SSSR count). The van der Waals surface area contributed by atoms with Crippen molar-refractivity contribution in [2.75, 3.05) is 0 Å². The first-order chi connectivity index (χ1) is 5.77. The quantitative estimate of drug-likeness (QED) is 0.217. The number of hydrogen-bond donors (Lipinski definition) is 3. The van der Waals surface area contributed by atoms with Crippen molar-refractivity contribution in [2.45, 2.75) is 13.8 Å². The van der Waals surface area contributed by atoms with Gasteiger partial charge in [0.25, 0.3) is 0 Å². The molecule has 0 aromatic rings. The summed E-state index contributed by atoms with van der Waals surface area (Å²) in [6, 6.07) is 0. The summed E-state index contributed by atoms with van der Waals surface area (Å²) in [5, 5.41) is 0. The predicted octanol–water partition coefficient (Wildman–Crippen LogP) is -1.14. The van der Waals surface area contributed by atoms with Crippen LogP contribution >= 0.6 is 8.60 Å². The largest absolute Gasteiger partial charge is 0.387 e. The maximum Gasteiger partial charge on any atom is 0.381 e. The first-order valence-electron chi connectivity index (χ1n) is 2.87. The number of rotatable bonds is 1. The lowest BCUT2D eigenvalue weighted by atomic mass is 10.5. The van der Waals surface area contributed by atoms with E-state index < -0.39 is 26.3 Å². The molecule has 13 heavy (non-hydrogen) atoms. The Morgan fingerprint density at radius 3 is 1.46 bits per heavy atom. The maximum atomic E-state index is 10.2. The molecule has 0 saturated heterocycles. The molecule has 76 valence electrons. The van der Waals surface area contributed by atoms with Gasteiger partial charge in [0.2, 0.25) is 5.78 Å². The lowest BCUT2D eigenvalue weighted by Crippen LogP contribution is -2.16. The molecule has 8 heteroatoms. The van der Waals surface area contributed by atoms with Gasteiger partial charge in [-0.3, -0.25) is 9.59 Å². The van der Waals surface area contributed by atoms with E-state index in [2.05, 4.69) is 4.74 Å². The molecule has 3 N–H and O–H groups in total. The lowest BCUT2D eigenvalue weighted by molar-refractivity contribution is -0.162. The predicted molar refractivity (Wildman–Crippen MR) is 41.0 cm³/mol. The van der Waals surface area contributed by atoms with Gasteiger partial charge < -0.3 is 19.4 Å². The Balaban J connectivity index is 0. The highest BCUT2D eigenvalue weighted by Gasteiger charge is 2.10. The number of ether oxygens (including phenoxy) is 1. The number of carbonyl (C=O) groups excluding carboxylic acids is 3. The van der Waals surface area contributed by atoms with Crippen LogP contribution in [0.1, 0.15) is 13.8 Å². The van der Waals surface area contributed by atoms with E-state index in [1.165, 1.54) is 0 Å². The number of hydrogen-bond acceptors (Lipinski definition) is 7. The van der Waals surface area contributed by atoms with E-state index in [-0.39, 0.29) is 0 Å². The monoisotopic (exact) mass is 212 g/mol. The van der Waals surface area contributed by atoms with Gasteiger partial charge >= 0.3 is 20.5 Å². The molecule has 0 unspecified atom stereocenters. The van der Waals surface area contributed by atoms with Crippen molar-refractivity contribution in [3.63, 3.8) is 0 Å². The minimum Gasteiger partial charge on any atom is -0.387 e. The summed E-state index contributed by atoms with van der Waals surface area (Å²) < 4.78 is 3.88. The highest BCUT2D eigenvalue weighted by atomic mass is 31.2. The van der Waals surface area contributed by atoms with Gasteiger partial charge in [0.05, 0.1) is 0 Å². The number of esters is 2. The van der Waals surface area contributed by atoms with Gasteiger partial charge in [0.1, 0.15) is 0 Å². The van der Waals surface area contributed by atoms with Crippen LogP contribution in [0, 0.1) is 0 Å². The number of carbonyl (C=O) groups is 3. The van der Waals surface area contributed by atoms with Crippen LogP contribution in [0.4, 0.5) is 0 Å². The van der Waals surface area contributed by atoms with Gasteiger partial charge in [-0.05, 0) is 0 Å². The van der Waals surface area contributed by atoms with E-state index in [0.29, 0.717) is 0 Å². The summed E-state index contributed by atoms with van der Waals surface area (Å²) in [4.78, 5) is 51.9. The summed E-state index contributed by atoms with van der Waals surface area (Å²) in [6.45, 7) is 2.09. The van der Waals surface area contributed by atoms with Crippen LogP contribution < -0.4 is 0 Å². The summed E-state index contributed by atoms with van der Waals surface area (Å²) >= 11 is 0. The van der Waals surface area contributed by atoms with E-state index in [1.807, 2.05) is 0 Å². The van der Waals surface area contributed by atoms with Crippen LogP contribution in [0.3, 0.4) is 0 Å². The van der Waals surface area contributed by atoms with Crippen LogP contribution in [0.2, 0.25) is 0 Å². The summed E-state index contributed by atoms with van der Waals surface area (Å²) in [5.41, 5.74) is 0. The van der Waals surface area contributed by atoms with Crippen LogP contribution in [-0.2, 0) is 19.1 Å². The van der Waals surface area contributed by atoms with E-state index in [0.717, 1.165) is 13.8 Å². The number of Topliss-reactive ketones (excluding diaryl/α,β-unsaturated/α-hetero) is 1. The molecule has 0 saturated carbocycles. The zero-order valence-corrected chi connectivity index (χ0v) is 7.82. The molecule has 0 aliphatic carbocycles. The van der Waals surface area contributed by atoms with Crippen molar-refractivity contribution in [2.24, 2.45) is 0 Å². The molecule has 0 aromatic carbocycles. The van der Waals surface area contributed by atoms with Crippen molar-refractivity contribution >= 4 is 26.3 Å². The molecule has 0 heterocycles. The standard InChI is InChI=1S/C5H6O4.H3O3P/c1-3(6)5(8)9-4(2)7;1-4(2)3/h1-2H3;1-3H. The van der Waals surface area contributed by atoms with Crippen LogP contribution in [0.15, 0.2) is 0 Å². The van der Waals surface area contributed by atoms with Crippen molar-refractivity contribution in [1.82, 2.24) is 0 Å². The Bertz CT molecular complexity index is 196. The second kappa shape index (κ2) is 7.75. The van der Waals surface area contributed by atoms with E-state index >= 15 is 0 Å². The molecule has 0 atom stereocenters. The van der Waals surface area contributed by atoms with Crippen molar-refractivity contribution in [3.05, 3.63) is 0 Å². The minimum atomic E-state index is -2.62. The second-order valence-electron chi connectivity index (χ2n) is 1.71. The van der Waals surface area contributed by atoms with Gasteiger partial charge in [-0.25, -0.2) is 4.79 Å².